The van der Waals surface area contributed by atoms with Gasteiger partial charge < -0.3 is 10.4 Å². The van der Waals surface area contributed by atoms with Crippen molar-refractivity contribution in [3.05, 3.63) is 58.7 Å². The molecule has 4 heteroatoms. The number of benzene rings is 2. The van der Waals surface area contributed by atoms with Gasteiger partial charge in [-0.3, -0.25) is 0 Å². The van der Waals surface area contributed by atoms with Gasteiger partial charge in [-0.15, -0.1) is 11.8 Å². The third-order valence-corrected chi connectivity index (χ3v) is 5.65. The molecule has 1 aliphatic rings. The van der Waals surface area contributed by atoms with E-state index in [0.29, 0.717) is 0 Å². The summed E-state index contributed by atoms with van der Waals surface area (Å²) in [6, 6.07) is 11.4. The van der Waals surface area contributed by atoms with Crippen LogP contribution in [0.2, 0.25) is 0 Å². The first-order chi connectivity index (χ1) is 11.9. The lowest BCUT2D eigenvalue weighted by Crippen LogP contribution is -2.22. The zero-order chi connectivity index (χ0) is 18.0. The molecule has 2 aromatic rings. The van der Waals surface area contributed by atoms with Gasteiger partial charge in [-0.05, 0) is 59.6 Å². The number of fused-ring (bicyclic) bond motifs is 1. The predicted octanol–water partition coefficient (Wildman–Crippen LogP) is 4.60. The Labute approximate surface area is 152 Å². The minimum absolute atomic E-state index is 0.178. The summed E-state index contributed by atoms with van der Waals surface area (Å²) in [4.78, 5) is 12.4. The van der Waals surface area contributed by atoms with Crippen molar-refractivity contribution >= 4 is 23.4 Å². The molecule has 0 amide bonds. The van der Waals surface area contributed by atoms with Gasteiger partial charge in [0.05, 0.1) is 11.3 Å². The molecule has 0 atom stereocenters. The summed E-state index contributed by atoms with van der Waals surface area (Å²) in [5.41, 5.74) is 4.30. The van der Waals surface area contributed by atoms with Gasteiger partial charge in [0.1, 0.15) is 0 Å². The van der Waals surface area contributed by atoms with Crippen molar-refractivity contribution in [3.8, 4) is 11.8 Å². The molecule has 0 fully saturated rings. The number of nitrogens with one attached hydrogen (secondary N) is 1. The second kappa shape index (κ2) is 6.85. The monoisotopic (exact) mass is 351 g/mol. The van der Waals surface area contributed by atoms with Gasteiger partial charge in [0, 0.05) is 23.1 Å². The van der Waals surface area contributed by atoms with E-state index in [1.54, 1.807) is 25.2 Å². The Morgan fingerprint density at radius 2 is 2.00 bits per heavy atom. The number of hydrogen-bond acceptors (Lipinski definition) is 3. The Hall–Kier alpha value is -2.38. The lowest BCUT2D eigenvalue weighted by Gasteiger charge is -2.32. The van der Waals surface area contributed by atoms with E-state index < -0.39 is 5.97 Å². The average molecular weight is 351 g/mol. The van der Waals surface area contributed by atoms with Crippen molar-refractivity contribution in [2.75, 3.05) is 18.1 Å². The maximum absolute atomic E-state index is 11.1. The number of rotatable bonds is 2. The smallest absolute Gasteiger partial charge is 0.335 e. The largest absolute Gasteiger partial charge is 0.478 e. The summed E-state index contributed by atoms with van der Waals surface area (Å²) in [6.07, 6.45) is 1.17. The molecule has 128 valence electrons. The summed E-state index contributed by atoms with van der Waals surface area (Å²) >= 11 is 1.91. The number of carboxylic acid groups (broad SMARTS) is 1. The number of thioether (sulfide) groups is 1. The normalized spacial score (nSPS) is 14.8. The summed E-state index contributed by atoms with van der Waals surface area (Å²) < 4.78 is 0. The first-order valence-corrected chi connectivity index (χ1v) is 9.24. The highest BCUT2D eigenvalue weighted by molar-refractivity contribution is 7.99. The molecule has 0 saturated heterocycles. The van der Waals surface area contributed by atoms with Crippen molar-refractivity contribution in [2.45, 2.75) is 30.6 Å². The van der Waals surface area contributed by atoms with Crippen LogP contribution in [0.4, 0.5) is 5.69 Å². The summed E-state index contributed by atoms with van der Waals surface area (Å²) in [6.45, 7) is 4.57. The maximum atomic E-state index is 11.1. The zero-order valence-electron chi connectivity index (χ0n) is 14.6. The van der Waals surface area contributed by atoms with Crippen LogP contribution in [0.25, 0.3) is 0 Å². The van der Waals surface area contributed by atoms with Crippen molar-refractivity contribution in [1.29, 1.82) is 0 Å². The first-order valence-electron chi connectivity index (χ1n) is 8.25. The molecular formula is C21H21NO2S. The fourth-order valence-corrected chi connectivity index (χ4v) is 4.43. The zero-order valence-corrected chi connectivity index (χ0v) is 15.5. The van der Waals surface area contributed by atoms with Crippen molar-refractivity contribution in [1.82, 2.24) is 0 Å². The fraction of sp³-hybridized carbons (Fsp3) is 0.286. The van der Waals surface area contributed by atoms with Crippen LogP contribution in [0.15, 0.2) is 41.3 Å². The highest BCUT2D eigenvalue weighted by Crippen LogP contribution is 2.41. The Kier molecular flexibility index (Phi) is 4.78. The molecule has 0 unspecified atom stereocenters. The van der Waals surface area contributed by atoms with Gasteiger partial charge in [0.15, 0.2) is 0 Å². The maximum Gasteiger partial charge on any atom is 0.335 e. The van der Waals surface area contributed by atoms with Crippen molar-refractivity contribution in [2.24, 2.45) is 0 Å². The number of anilines is 1. The van der Waals surface area contributed by atoms with E-state index >= 15 is 0 Å². The number of aromatic carboxylic acids is 1. The van der Waals surface area contributed by atoms with Gasteiger partial charge in [-0.1, -0.05) is 25.7 Å². The van der Waals surface area contributed by atoms with Gasteiger partial charge in [0.2, 0.25) is 0 Å². The Morgan fingerprint density at radius 1 is 1.20 bits per heavy atom. The van der Waals surface area contributed by atoms with E-state index in [-0.39, 0.29) is 11.0 Å². The van der Waals surface area contributed by atoms with Crippen molar-refractivity contribution in [3.63, 3.8) is 0 Å². The third-order valence-electron chi connectivity index (χ3n) is 4.57. The molecule has 0 aromatic heterocycles. The Morgan fingerprint density at radius 3 is 2.72 bits per heavy atom. The van der Waals surface area contributed by atoms with Gasteiger partial charge in [-0.2, -0.15) is 0 Å². The molecule has 3 rings (SSSR count). The first kappa shape index (κ1) is 17.4. The van der Waals surface area contributed by atoms with Crippen LogP contribution in [0.1, 0.15) is 47.3 Å². The lowest BCUT2D eigenvalue weighted by molar-refractivity contribution is 0.0697. The van der Waals surface area contributed by atoms with Crippen LogP contribution in [0, 0.1) is 11.8 Å². The minimum Gasteiger partial charge on any atom is -0.478 e. The highest BCUT2D eigenvalue weighted by atomic mass is 32.2. The molecule has 0 bridgehead atoms. The molecule has 0 radical (unpaired) electrons. The quantitative estimate of drug-likeness (QED) is 0.777. The van der Waals surface area contributed by atoms with E-state index in [9.17, 15) is 4.79 Å². The van der Waals surface area contributed by atoms with Crippen LogP contribution < -0.4 is 5.32 Å². The third kappa shape index (κ3) is 3.67. The van der Waals surface area contributed by atoms with Crippen LogP contribution >= 0.6 is 11.8 Å². The highest BCUT2D eigenvalue weighted by Gasteiger charge is 2.27. The van der Waals surface area contributed by atoms with Crippen molar-refractivity contribution < 1.29 is 9.90 Å². The SMILES string of the molecule is CNc1cc(C(=O)O)ccc1C#Cc1ccc2c(c1)C(C)(C)CCS2. The Balaban J connectivity index is 1.96. The number of carbonyl (C=O) groups is 1. The van der Waals surface area contributed by atoms with E-state index in [1.807, 2.05) is 11.8 Å². The topological polar surface area (TPSA) is 49.3 Å². The summed E-state index contributed by atoms with van der Waals surface area (Å²) in [5, 5.41) is 12.1. The van der Waals surface area contributed by atoms with E-state index in [4.69, 9.17) is 5.11 Å². The van der Waals surface area contributed by atoms with Gasteiger partial charge in [0.25, 0.3) is 0 Å². The molecule has 2 aromatic carbocycles. The molecule has 1 heterocycles. The number of hydrogen-bond donors (Lipinski definition) is 2. The molecule has 0 aliphatic carbocycles. The van der Waals surface area contributed by atoms with Crippen LogP contribution in [0.3, 0.4) is 0 Å². The number of carboxylic acids is 1. The molecule has 2 N–H and O–H groups in total. The second-order valence-electron chi connectivity index (χ2n) is 6.76. The summed E-state index contributed by atoms with van der Waals surface area (Å²) in [5.74, 6) is 6.61. The fourth-order valence-electron chi connectivity index (χ4n) is 2.95. The summed E-state index contributed by atoms with van der Waals surface area (Å²) in [7, 11) is 1.77. The standard InChI is InChI=1S/C21H21NO2S/c1-21(2)10-11-25-19-9-5-14(12-17(19)21)4-6-15-7-8-16(20(23)24)13-18(15)22-3/h5,7-9,12-13,22H,10-11H2,1-3H3,(H,23,24). The Bertz CT molecular complexity index is 890. The minimum atomic E-state index is -0.939. The van der Waals surface area contributed by atoms with Gasteiger partial charge in [-0.25, -0.2) is 4.79 Å². The average Bonchev–Trinajstić information content (AvgIpc) is 2.59. The molecule has 3 nitrogen and oxygen atoms in total. The predicted molar refractivity (Wildman–Crippen MR) is 104 cm³/mol. The molecule has 1 aliphatic heterocycles. The molecule has 25 heavy (non-hydrogen) atoms. The van der Waals surface area contributed by atoms with Gasteiger partial charge >= 0.3 is 5.97 Å². The van der Waals surface area contributed by atoms with E-state index in [1.165, 1.54) is 16.9 Å². The second-order valence-corrected chi connectivity index (χ2v) is 7.90. The molecular weight excluding hydrogens is 330 g/mol. The molecule has 0 saturated carbocycles. The lowest BCUT2D eigenvalue weighted by atomic mass is 9.81. The van der Waals surface area contributed by atoms with Crippen LogP contribution in [-0.2, 0) is 5.41 Å². The van der Waals surface area contributed by atoms with Crippen LogP contribution in [-0.4, -0.2) is 23.9 Å². The van der Waals surface area contributed by atoms with E-state index in [2.05, 4.69) is 49.2 Å². The van der Waals surface area contributed by atoms with E-state index in [0.717, 1.165) is 22.6 Å². The van der Waals surface area contributed by atoms with Crippen LogP contribution in [0.5, 0.6) is 0 Å². The molecule has 0 spiro atoms.